The van der Waals surface area contributed by atoms with Gasteiger partial charge in [-0.3, -0.25) is 9.67 Å². The maximum Gasteiger partial charge on any atom is 0.191 e. The maximum atomic E-state index is 10.3. The number of aromatic nitrogens is 2. The first kappa shape index (κ1) is 18.3. The molecule has 0 aliphatic heterocycles. The third-order valence-corrected chi connectivity index (χ3v) is 3.79. The molecule has 1 unspecified atom stereocenters. The van der Waals surface area contributed by atoms with Gasteiger partial charge in [0.2, 0.25) is 0 Å². The lowest BCUT2D eigenvalue weighted by molar-refractivity contribution is 0.187. The lowest BCUT2D eigenvalue weighted by Gasteiger charge is -2.14. The average molecular weight is 350 g/mol. The van der Waals surface area contributed by atoms with Crippen molar-refractivity contribution in [3.8, 4) is 0 Å². The SMILES string of the molecule is CCNC(=NCC(O)c1ccccc1Cl)NCCCn1cccn1. The van der Waals surface area contributed by atoms with E-state index >= 15 is 0 Å². The zero-order valence-corrected chi connectivity index (χ0v) is 14.6. The number of halogens is 1. The third-order valence-electron chi connectivity index (χ3n) is 3.45. The summed E-state index contributed by atoms with van der Waals surface area (Å²) in [5.41, 5.74) is 0.692. The number of aliphatic hydroxyl groups excluding tert-OH is 1. The van der Waals surface area contributed by atoms with Crippen molar-refractivity contribution in [2.45, 2.75) is 26.0 Å². The average Bonchev–Trinajstić information content (AvgIpc) is 3.10. The van der Waals surface area contributed by atoms with E-state index in [1.165, 1.54) is 0 Å². The molecule has 0 saturated heterocycles. The lowest BCUT2D eigenvalue weighted by Crippen LogP contribution is -2.38. The zero-order chi connectivity index (χ0) is 17.2. The molecule has 2 rings (SSSR count). The number of aliphatic hydroxyl groups is 1. The van der Waals surface area contributed by atoms with Gasteiger partial charge in [-0.05, 0) is 25.5 Å². The number of nitrogens with one attached hydrogen (secondary N) is 2. The minimum Gasteiger partial charge on any atom is -0.386 e. The van der Waals surface area contributed by atoms with Gasteiger partial charge in [0, 0.05) is 42.6 Å². The summed E-state index contributed by atoms with van der Waals surface area (Å²) < 4.78 is 1.90. The monoisotopic (exact) mass is 349 g/mol. The Morgan fingerprint density at radius 3 is 2.88 bits per heavy atom. The molecule has 1 heterocycles. The van der Waals surface area contributed by atoms with E-state index in [4.69, 9.17) is 11.6 Å². The van der Waals surface area contributed by atoms with E-state index < -0.39 is 6.10 Å². The fraction of sp³-hybridized carbons (Fsp3) is 0.412. The van der Waals surface area contributed by atoms with Crippen molar-refractivity contribution in [1.29, 1.82) is 0 Å². The Hall–Kier alpha value is -2.05. The van der Waals surface area contributed by atoms with E-state index in [2.05, 4.69) is 20.7 Å². The van der Waals surface area contributed by atoms with E-state index in [1.54, 1.807) is 12.3 Å². The minimum absolute atomic E-state index is 0.248. The summed E-state index contributed by atoms with van der Waals surface area (Å²) >= 11 is 6.10. The fourth-order valence-electron chi connectivity index (χ4n) is 2.24. The van der Waals surface area contributed by atoms with Crippen molar-refractivity contribution in [3.63, 3.8) is 0 Å². The molecule has 0 radical (unpaired) electrons. The Labute approximate surface area is 147 Å². The number of aryl methyl sites for hydroxylation is 1. The molecule has 130 valence electrons. The van der Waals surface area contributed by atoms with E-state index in [-0.39, 0.29) is 6.54 Å². The molecule has 0 saturated carbocycles. The minimum atomic E-state index is -0.724. The van der Waals surface area contributed by atoms with Crippen molar-refractivity contribution in [1.82, 2.24) is 20.4 Å². The molecule has 0 fully saturated rings. The van der Waals surface area contributed by atoms with Crippen LogP contribution in [0.4, 0.5) is 0 Å². The molecule has 6 nitrogen and oxygen atoms in total. The molecular weight excluding hydrogens is 326 g/mol. The maximum absolute atomic E-state index is 10.3. The number of benzene rings is 1. The van der Waals surface area contributed by atoms with Crippen molar-refractivity contribution in [3.05, 3.63) is 53.3 Å². The van der Waals surface area contributed by atoms with Crippen LogP contribution in [-0.2, 0) is 6.54 Å². The Balaban J connectivity index is 1.82. The second-order valence-corrected chi connectivity index (χ2v) is 5.71. The van der Waals surface area contributed by atoms with Crippen LogP contribution in [0.5, 0.6) is 0 Å². The molecule has 1 aromatic carbocycles. The summed E-state index contributed by atoms with van der Waals surface area (Å²) in [6, 6.07) is 9.19. The van der Waals surface area contributed by atoms with E-state index in [1.807, 2.05) is 42.1 Å². The predicted molar refractivity (Wildman–Crippen MR) is 97.2 cm³/mol. The molecule has 7 heteroatoms. The number of aliphatic imine (C=N–C) groups is 1. The van der Waals surface area contributed by atoms with Crippen LogP contribution in [0.2, 0.25) is 5.02 Å². The van der Waals surface area contributed by atoms with Gasteiger partial charge in [-0.15, -0.1) is 0 Å². The van der Waals surface area contributed by atoms with Crippen LogP contribution in [0.1, 0.15) is 25.0 Å². The number of rotatable bonds is 8. The first-order valence-corrected chi connectivity index (χ1v) is 8.50. The van der Waals surface area contributed by atoms with Crippen LogP contribution in [0.15, 0.2) is 47.7 Å². The lowest BCUT2D eigenvalue weighted by atomic mass is 10.1. The summed E-state index contributed by atoms with van der Waals surface area (Å²) in [4.78, 5) is 4.43. The van der Waals surface area contributed by atoms with Gasteiger partial charge in [0.1, 0.15) is 6.10 Å². The van der Waals surface area contributed by atoms with Gasteiger partial charge in [0.25, 0.3) is 0 Å². The number of hydrogen-bond donors (Lipinski definition) is 3. The van der Waals surface area contributed by atoms with Gasteiger partial charge in [0.15, 0.2) is 5.96 Å². The van der Waals surface area contributed by atoms with E-state index in [9.17, 15) is 5.11 Å². The van der Waals surface area contributed by atoms with Gasteiger partial charge in [-0.25, -0.2) is 0 Å². The van der Waals surface area contributed by atoms with Gasteiger partial charge < -0.3 is 15.7 Å². The molecule has 3 N–H and O–H groups in total. The first-order valence-electron chi connectivity index (χ1n) is 8.12. The summed E-state index contributed by atoms with van der Waals surface area (Å²) in [6.07, 6.45) is 3.92. The normalized spacial score (nSPS) is 12.9. The van der Waals surface area contributed by atoms with Crippen LogP contribution in [0.25, 0.3) is 0 Å². The quantitative estimate of drug-likeness (QED) is 0.388. The Bertz CT molecular complexity index is 630. The predicted octanol–water partition coefficient (Wildman–Crippen LogP) is 2.22. The molecule has 0 spiro atoms. The Kier molecular flexibility index (Phi) is 7.58. The third kappa shape index (κ3) is 5.86. The van der Waals surface area contributed by atoms with Crippen molar-refractivity contribution in [2.75, 3.05) is 19.6 Å². The molecule has 1 atom stereocenters. The topological polar surface area (TPSA) is 74.5 Å². The van der Waals surface area contributed by atoms with Crippen LogP contribution in [0.3, 0.4) is 0 Å². The van der Waals surface area contributed by atoms with E-state index in [0.717, 1.165) is 26.1 Å². The van der Waals surface area contributed by atoms with Crippen LogP contribution < -0.4 is 10.6 Å². The highest BCUT2D eigenvalue weighted by Crippen LogP contribution is 2.22. The summed E-state index contributed by atoms with van der Waals surface area (Å²) in [5, 5.41) is 21.4. The van der Waals surface area contributed by atoms with E-state index in [0.29, 0.717) is 16.5 Å². The van der Waals surface area contributed by atoms with Crippen molar-refractivity contribution >= 4 is 17.6 Å². The zero-order valence-electron chi connectivity index (χ0n) is 13.8. The van der Waals surface area contributed by atoms with Gasteiger partial charge in [-0.2, -0.15) is 5.10 Å². The standard InChI is InChI=1S/C17H24ClN5O/c1-2-19-17(20-9-5-11-23-12-6-10-22-23)21-13-16(24)14-7-3-4-8-15(14)18/h3-4,6-8,10,12,16,24H,2,5,9,11,13H2,1H3,(H2,19,20,21). The molecule has 1 aromatic heterocycles. The molecular formula is C17H24ClN5O. The second-order valence-electron chi connectivity index (χ2n) is 5.31. The highest BCUT2D eigenvalue weighted by atomic mass is 35.5. The Morgan fingerprint density at radius 1 is 1.33 bits per heavy atom. The van der Waals surface area contributed by atoms with Crippen LogP contribution in [0, 0.1) is 0 Å². The van der Waals surface area contributed by atoms with Crippen LogP contribution >= 0.6 is 11.6 Å². The fourth-order valence-corrected chi connectivity index (χ4v) is 2.51. The highest BCUT2D eigenvalue weighted by molar-refractivity contribution is 6.31. The number of nitrogens with zero attached hydrogens (tertiary/aromatic N) is 3. The summed E-state index contributed by atoms with van der Waals surface area (Å²) in [7, 11) is 0. The second kappa shape index (κ2) is 9.95. The van der Waals surface area contributed by atoms with Gasteiger partial charge in [0.05, 0.1) is 6.54 Å². The molecule has 0 aliphatic carbocycles. The van der Waals surface area contributed by atoms with Crippen molar-refractivity contribution < 1.29 is 5.11 Å². The summed E-state index contributed by atoms with van der Waals surface area (Å²) in [5.74, 6) is 0.684. The number of guanidine groups is 1. The summed E-state index contributed by atoms with van der Waals surface area (Å²) in [6.45, 7) is 4.63. The van der Waals surface area contributed by atoms with Crippen LogP contribution in [-0.4, -0.2) is 40.5 Å². The van der Waals surface area contributed by atoms with Crippen molar-refractivity contribution in [2.24, 2.45) is 4.99 Å². The molecule has 0 bridgehead atoms. The smallest absolute Gasteiger partial charge is 0.191 e. The molecule has 0 aliphatic rings. The Morgan fingerprint density at radius 2 is 2.17 bits per heavy atom. The highest BCUT2D eigenvalue weighted by Gasteiger charge is 2.10. The largest absolute Gasteiger partial charge is 0.386 e. The molecule has 24 heavy (non-hydrogen) atoms. The van der Waals surface area contributed by atoms with Gasteiger partial charge >= 0.3 is 0 Å². The number of hydrogen-bond acceptors (Lipinski definition) is 3. The van der Waals surface area contributed by atoms with Gasteiger partial charge in [-0.1, -0.05) is 29.8 Å². The molecule has 0 amide bonds. The molecule has 2 aromatic rings. The first-order chi connectivity index (χ1) is 11.7.